The third-order valence-electron chi connectivity index (χ3n) is 4.57. The fourth-order valence-electron chi connectivity index (χ4n) is 2.85. The number of pyridine rings is 1. The van der Waals surface area contributed by atoms with Crippen LogP contribution in [-0.4, -0.2) is 44.1 Å². The normalized spacial score (nSPS) is 18.9. The van der Waals surface area contributed by atoms with Crippen LogP contribution in [0.4, 0.5) is 14.5 Å². The Morgan fingerprint density at radius 2 is 2.30 bits per heavy atom. The number of hydrogen-bond donors (Lipinski definition) is 0. The number of carbonyl (C=O) groups is 1. The van der Waals surface area contributed by atoms with Crippen molar-refractivity contribution in [3.63, 3.8) is 0 Å². The Morgan fingerprint density at radius 3 is 2.89 bits per heavy atom. The number of aromatic nitrogens is 3. The van der Waals surface area contributed by atoms with Crippen molar-refractivity contribution < 1.29 is 13.6 Å². The molecule has 2 atom stereocenters. The molecule has 2 unspecified atom stereocenters. The van der Waals surface area contributed by atoms with Gasteiger partial charge in [-0.3, -0.25) is 9.78 Å². The van der Waals surface area contributed by atoms with Gasteiger partial charge in [-0.1, -0.05) is 11.6 Å². The van der Waals surface area contributed by atoms with Gasteiger partial charge in [0.05, 0.1) is 23.3 Å². The second kappa shape index (κ2) is 8.14. The van der Waals surface area contributed by atoms with Crippen LogP contribution < -0.4 is 4.90 Å². The predicted molar refractivity (Wildman–Crippen MR) is 104 cm³/mol. The zero-order chi connectivity index (χ0) is 19.6. The first-order valence-corrected chi connectivity index (χ1v) is 10.2. The summed E-state index contributed by atoms with van der Waals surface area (Å²) in [5.41, 5.74) is 1.26. The van der Waals surface area contributed by atoms with E-state index >= 15 is 0 Å². The Hall–Kier alpha value is -1.67. The standard InChI is InChI=1S/C18H21ClF2N4OS/c1-3-24(17(26)12(2)27-8-6-13-9-18(13,20)21)15-11-25(23-16(15)19)14-5-4-7-22-10-14/h4-5,7,10-13H,3,6,8-9H2,1-2H3. The van der Waals surface area contributed by atoms with E-state index in [1.807, 2.05) is 13.0 Å². The van der Waals surface area contributed by atoms with E-state index in [0.29, 0.717) is 24.4 Å². The van der Waals surface area contributed by atoms with Gasteiger partial charge in [0.15, 0.2) is 5.15 Å². The molecule has 1 saturated carbocycles. The fraction of sp³-hybridized carbons (Fsp3) is 0.500. The maximum absolute atomic E-state index is 13.0. The van der Waals surface area contributed by atoms with Crippen molar-refractivity contribution in [2.24, 2.45) is 5.92 Å². The lowest BCUT2D eigenvalue weighted by Gasteiger charge is -2.23. The lowest BCUT2D eigenvalue weighted by atomic mass is 10.3. The molecule has 1 aliphatic rings. The topological polar surface area (TPSA) is 51.0 Å². The van der Waals surface area contributed by atoms with Crippen molar-refractivity contribution >= 4 is 35.0 Å². The van der Waals surface area contributed by atoms with Crippen LogP contribution >= 0.6 is 23.4 Å². The van der Waals surface area contributed by atoms with Gasteiger partial charge in [0.25, 0.3) is 5.92 Å². The van der Waals surface area contributed by atoms with E-state index in [1.54, 1.807) is 41.2 Å². The van der Waals surface area contributed by atoms with Gasteiger partial charge < -0.3 is 4.90 Å². The zero-order valence-electron chi connectivity index (χ0n) is 15.1. The molecule has 5 nitrogen and oxygen atoms in total. The monoisotopic (exact) mass is 414 g/mol. The van der Waals surface area contributed by atoms with E-state index in [1.165, 1.54) is 11.8 Å². The number of halogens is 3. The SMILES string of the molecule is CCN(C(=O)C(C)SCCC1CC1(F)F)c1cn(-c2cccnc2)nc1Cl. The molecule has 2 aromatic heterocycles. The second-order valence-electron chi connectivity index (χ2n) is 6.51. The van der Waals surface area contributed by atoms with Gasteiger partial charge in [0.1, 0.15) is 5.69 Å². The lowest BCUT2D eigenvalue weighted by Crippen LogP contribution is -2.36. The Morgan fingerprint density at radius 1 is 1.56 bits per heavy atom. The smallest absolute Gasteiger partial charge is 0.251 e. The van der Waals surface area contributed by atoms with Crippen LogP contribution in [0.25, 0.3) is 5.69 Å². The molecular formula is C18H21ClF2N4OS. The van der Waals surface area contributed by atoms with Gasteiger partial charge in [-0.05, 0) is 38.2 Å². The highest BCUT2D eigenvalue weighted by Crippen LogP contribution is 2.51. The van der Waals surface area contributed by atoms with E-state index in [9.17, 15) is 13.6 Å². The first-order valence-electron chi connectivity index (χ1n) is 8.80. The first-order chi connectivity index (χ1) is 12.8. The number of rotatable bonds is 8. The summed E-state index contributed by atoms with van der Waals surface area (Å²) in [7, 11) is 0. The quantitative estimate of drug-likeness (QED) is 0.640. The average Bonchev–Trinajstić information content (AvgIpc) is 3.08. The number of hydrogen-bond acceptors (Lipinski definition) is 4. The van der Waals surface area contributed by atoms with Crippen molar-refractivity contribution in [3.8, 4) is 5.69 Å². The van der Waals surface area contributed by atoms with Crippen LogP contribution in [0.2, 0.25) is 5.15 Å². The van der Waals surface area contributed by atoms with Gasteiger partial charge in [-0.15, -0.1) is 11.8 Å². The third kappa shape index (κ3) is 4.60. The van der Waals surface area contributed by atoms with E-state index < -0.39 is 11.8 Å². The molecule has 0 aromatic carbocycles. The molecule has 2 heterocycles. The number of anilines is 1. The Labute approximate surface area is 166 Å². The summed E-state index contributed by atoms with van der Waals surface area (Å²) >= 11 is 7.66. The van der Waals surface area contributed by atoms with Crippen molar-refractivity contribution in [2.75, 3.05) is 17.2 Å². The number of amides is 1. The summed E-state index contributed by atoms with van der Waals surface area (Å²) in [6, 6.07) is 3.62. The van der Waals surface area contributed by atoms with Crippen molar-refractivity contribution in [1.82, 2.24) is 14.8 Å². The summed E-state index contributed by atoms with van der Waals surface area (Å²) < 4.78 is 27.5. The molecular weight excluding hydrogens is 394 g/mol. The van der Waals surface area contributed by atoms with Crippen LogP contribution in [-0.2, 0) is 4.79 Å². The van der Waals surface area contributed by atoms with Crippen molar-refractivity contribution in [3.05, 3.63) is 35.9 Å². The largest absolute Gasteiger partial charge is 0.308 e. The molecule has 27 heavy (non-hydrogen) atoms. The van der Waals surface area contributed by atoms with Crippen molar-refractivity contribution in [2.45, 2.75) is 37.9 Å². The van der Waals surface area contributed by atoms with Crippen LogP contribution in [0.15, 0.2) is 30.7 Å². The van der Waals surface area contributed by atoms with E-state index in [-0.39, 0.29) is 22.7 Å². The molecule has 0 radical (unpaired) electrons. The molecule has 1 fully saturated rings. The van der Waals surface area contributed by atoms with Crippen LogP contribution in [0.1, 0.15) is 26.7 Å². The molecule has 0 bridgehead atoms. The lowest BCUT2D eigenvalue weighted by molar-refractivity contribution is -0.117. The van der Waals surface area contributed by atoms with Crippen LogP contribution in [0, 0.1) is 5.92 Å². The summed E-state index contributed by atoms with van der Waals surface area (Å²) in [5.74, 6) is -2.61. The highest BCUT2D eigenvalue weighted by Gasteiger charge is 2.55. The molecule has 0 aliphatic heterocycles. The highest BCUT2D eigenvalue weighted by atomic mass is 35.5. The van der Waals surface area contributed by atoms with Crippen LogP contribution in [0.3, 0.4) is 0 Å². The average molecular weight is 415 g/mol. The fourth-order valence-corrected chi connectivity index (χ4v) is 4.13. The number of nitrogens with zero attached hydrogens (tertiary/aromatic N) is 4. The molecule has 2 aromatic rings. The van der Waals surface area contributed by atoms with Gasteiger partial charge in [0.2, 0.25) is 5.91 Å². The molecule has 0 saturated heterocycles. The predicted octanol–water partition coefficient (Wildman–Crippen LogP) is 4.44. The minimum atomic E-state index is -2.50. The summed E-state index contributed by atoms with van der Waals surface area (Å²) in [6.07, 6.45) is 5.41. The number of thioether (sulfide) groups is 1. The van der Waals surface area contributed by atoms with Gasteiger partial charge in [0, 0.05) is 25.1 Å². The molecule has 1 aliphatic carbocycles. The Balaban J connectivity index is 1.65. The summed E-state index contributed by atoms with van der Waals surface area (Å²) in [6.45, 7) is 4.08. The van der Waals surface area contributed by atoms with E-state index in [4.69, 9.17) is 11.6 Å². The molecule has 3 rings (SSSR count). The van der Waals surface area contributed by atoms with Gasteiger partial charge >= 0.3 is 0 Å². The van der Waals surface area contributed by atoms with E-state index in [2.05, 4.69) is 10.1 Å². The van der Waals surface area contributed by atoms with E-state index in [0.717, 1.165) is 5.69 Å². The van der Waals surface area contributed by atoms with Gasteiger partial charge in [-0.2, -0.15) is 5.10 Å². The molecule has 0 spiro atoms. The number of carbonyl (C=O) groups excluding carboxylic acids is 1. The summed E-state index contributed by atoms with van der Waals surface area (Å²) in [5, 5.41) is 4.13. The number of alkyl halides is 2. The molecule has 9 heteroatoms. The van der Waals surface area contributed by atoms with Gasteiger partial charge in [-0.25, -0.2) is 13.5 Å². The molecule has 146 valence electrons. The minimum Gasteiger partial charge on any atom is -0.308 e. The molecule has 0 N–H and O–H groups in total. The first kappa shape index (κ1) is 20.1. The van der Waals surface area contributed by atoms with Crippen LogP contribution in [0.5, 0.6) is 0 Å². The zero-order valence-corrected chi connectivity index (χ0v) is 16.7. The summed E-state index contributed by atoms with van der Waals surface area (Å²) in [4.78, 5) is 18.5. The Bertz CT molecular complexity index is 802. The second-order valence-corrected chi connectivity index (χ2v) is 8.31. The molecule has 1 amide bonds. The Kier molecular flexibility index (Phi) is 6.05. The maximum Gasteiger partial charge on any atom is 0.251 e. The minimum absolute atomic E-state index is 0.0277. The third-order valence-corrected chi connectivity index (χ3v) is 6.01. The maximum atomic E-state index is 13.0. The van der Waals surface area contributed by atoms with Crippen molar-refractivity contribution in [1.29, 1.82) is 0 Å². The highest BCUT2D eigenvalue weighted by molar-refractivity contribution is 8.00.